The topological polar surface area (TPSA) is 66.8 Å². The van der Waals surface area contributed by atoms with E-state index in [1.54, 1.807) is 12.1 Å². The highest BCUT2D eigenvalue weighted by molar-refractivity contribution is 5.99. The Morgan fingerprint density at radius 2 is 2.16 bits per heavy atom. The second-order valence-corrected chi connectivity index (χ2v) is 4.70. The number of likely N-dealkylation sites (tertiary alicyclic amines) is 1. The molecule has 5 heteroatoms. The number of ether oxygens (including phenoxy) is 1. The summed E-state index contributed by atoms with van der Waals surface area (Å²) in [6, 6.07) is 4.31. The summed E-state index contributed by atoms with van der Waals surface area (Å²) < 4.78 is 4.71. The highest BCUT2D eigenvalue weighted by Gasteiger charge is 2.36. The lowest BCUT2D eigenvalue weighted by Gasteiger charge is -2.23. The number of aryl methyl sites for hydroxylation is 1. The summed E-state index contributed by atoms with van der Waals surface area (Å²) in [6.45, 7) is 2.35. The van der Waals surface area contributed by atoms with E-state index in [9.17, 15) is 14.7 Å². The number of benzene rings is 1. The summed E-state index contributed by atoms with van der Waals surface area (Å²) in [5, 5.41) is 9.78. The first-order valence-corrected chi connectivity index (χ1v) is 6.23. The molecule has 1 N–H and O–H groups in total. The van der Waals surface area contributed by atoms with Crippen LogP contribution in [0.4, 0.5) is 0 Å². The van der Waals surface area contributed by atoms with Crippen molar-refractivity contribution in [1.82, 2.24) is 4.90 Å². The molecule has 0 radical (unpaired) electrons. The predicted octanol–water partition coefficient (Wildman–Crippen LogP) is 1.48. The molecule has 0 aliphatic carbocycles. The van der Waals surface area contributed by atoms with Crippen LogP contribution in [0, 0.1) is 6.92 Å². The number of esters is 1. The Balaban J connectivity index is 2.28. The Morgan fingerprint density at radius 1 is 1.42 bits per heavy atom. The Hall–Kier alpha value is -2.04. The molecule has 1 heterocycles. The van der Waals surface area contributed by atoms with Crippen molar-refractivity contribution in [3.05, 3.63) is 29.3 Å². The molecule has 1 amide bonds. The van der Waals surface area contributed by atoms with Gasteiger partial charge in [0.2, 0.25) is 0 Å². The van der Waals surface area contributed by atoms with Crippen molar-refractivity contribution in [1.29, 1.82) is 0 Å². The van der Waals surface area contributed by atoms with E-state index in [1.807, 2.05) is 6.92 Å². The Kier molecular flexibility index (Phi) is 3.74. The number of hydrogen-bond acceptors (Lipinski definition) is 4. The van der Waals surface area contributed by atoms with E-state index in [0.29, 0.717) is 13.0 Å². The number of hydrogen-bond donors (Lipinski definition) is 1. The van der Waals surface area contributed by atoms with Gasteiger partial charge < -0.3 is 14.7 Å². The number of phenolic OH excluding ortho intramolecular Hbond substituents is 1. The van der Waals surface area contributed by atoms with E-state index in [0.717, 1.165) is 12.0 Å². The summed E-state index contributed by atoms with van der Waals surface area (Å²) in [4.78, 5) is 25.5. The van der Waals surface area contributed by atoms with Crippen LogP contribution in [-0.2, 0) is 9.53 Å². The van der Waals surface area contributed by atoms with E-state index < -0.39 is 12.0 Å². The molecule has 1 fully saturated rings. The summed E-state index contributed by atoms with van der Waals surface area (Å²) in [5.41, 5.74) is 1.12. The van der Waals surface area contributed by atoms with E-state index in [1.165, 1.54) is 18.1 Å². The molecule has 1 saturated heterocycles. The lowest BCUT2D eigenvalue weighted by Crippen LogP contribution is -2.41. The van der Waals surface area contributed by atoms with Crippen molar-refractivity contribution in [2.24, 2.45) is 0 Å². The molecule has 0 spiro atoms. The number of amides is 1. The Labute approximate surface area is 111 Å². The van der Waals surface area contributed by atoms with Gasteiger partial charge in [-0.15, -0.1) is 0 Å². The van der Waals surface area contributed by atoms with Crippen molar-refractivity contribution in [2.75, 3.05) is 13.7 Å². The maximum atomic E-state index is 12.4. The van der Waals surface area contributed by atoms with Gasteiger partial charge in [-0.05, 0) is 31.9 Å². The van der Waals surface area contributed by atoms with Gasteiger partial charge in [-0.3, -0.25) is 4.79 Å². The zero-order chi connectivity index (χ0) is 14.0. The van der Waals surface area contributed by atoms with Gasteiger partial charge in [0.1, 0.15) is 11.8 Å². The van der Waals surface area contributed by atoms with E-state index in [-0.39, 0.29) is 17.2 Å². The van der Waals surface area contributed by atoms with Crippen molar-refractivity contribution in [2.45, 2.75) is 25.8 Å². The van der Waals surface area contributed by atoms with Crippen LogP contribution in [0.3, 0.4) is 0 Å². The van der Waals surface area contributed by atoms with E-state index >= 15 is 0 Å². The van der Waals surface area contributed by atoms with Gasteiger partial charge in [-0.1, -0.05) is 11.6 Å². The molecule has 19 heavy (non-hydrogen) atoms. The van der Waals surface area contributed by atoms with Crippen molar-refractivity contribution >= 4 is 11.9 Å². The maximum Gasteiger partial charge on any atom is 0.328 e. The number of phenols is 1. The SMILES string of the molecule is COC(=O)C1CCCN1C(=O)c1cc(C)ccc1O. The zero-order valence-corrected chi connectivity index (χ0v) is 11.0. The van der Waals surface area contributed by atoms with Crippen LogP contribution in [0.5, 0.6) is 5.75 Å². The molecule has 1 unspecified atom stereocenters. The lowest BCUT2D eigenvalue weighted by molar-refractivity contribution is -0.145. The summed E-state index contributed by atoms with van der Waals surface area (Å²) in [7, 11) is 1.31. The van der Waals surface area contributed by atoms with Gasteiger partial charge in [0.25, 0.3) is 5.91 Å². The van der Waals surface area contributed by atoms with Gasteiger partial charge >= 0.3 is 5.97 Å². The summed E-state index contributed by atoms with van der Waals surface area (Å²) in [6.07, 6.45) is 1.36. The van der Waals surface area contributed by atoms with Gasteiger partial charge in [-0.25, -0.2) is 4.79 Å². The highest BCUT2D eigenvalue weighted by Crippen LogP contribution is 2.25. The molecule has 0 bridgehead atoms. The molecule has 2 rings (SSSR count). The smallest absolute Gasteiger partial charge is 0.328 e. The summed E-state index contributed by atoms with van der Waals surface area (Å²) in [5.74, 6) is -0.793. The molecule has 5 nitrogen and oxygen atoms in total. The zero-order valence-electron chi connectivity index (χ0n) is 11.0. The minimum Gasteiger partial charge on any atom is -0.507 e. The van der Waals surface area contributed by atoms with Gasteiger partial charge in [0, 0.05) is 6.54 Å². The third kappa shape index (κ3) is 2.54. The molecule has 1 aliphatic heterocycles. The quantitative estimate of drug-likeness (QED) is 0.821. The van der Waals surface area contributed by atoms with E-state index in [2.05, 4.69) is 0 Å². The number of nitrogens with zero attached hydrogens (tertiary/aromatic N) is 1. The molecular formula is C14H17NO4. The molecule has 1 aliphatic rings. The van der Waals surface area contributed by atoms with Crippen LogP contribution < -0.4 is 0 Å². The fraction of sp³-hybridized carbons (Fsp3) is 0.429. The van der Waals surface area contributed by atoms with E-state index in [4.69, 9.17) is 4.74 Å². The minimum atomic E-state index is -0.544. The fourth-order valence-corrected chi connectivity index (χ4v) is 2.37. The average molecular weight is 263 g/mol. The number of carbonyl (C=O) groups is 2. The summed E-state index contributed by atoms with van der Waals surface area (Å²) >= 11 is 0. The fourth-order valence-electron chi connectivity index (χ4n) is 2.37. The third-order valence-electron chi connectivity index (χ3n) is 3.37. The van der Waals surface area contributed by atoms with Crippen LogP contribution >= 0.6 is 0 Å². The van der Waals surface area contributed by atoms with Crippen LogP contribution in [0.1, 0.15) is 28.8 Å². The largest absolute Gasteiger partial charge is 0.507 e. The van der Waals surface area contributed by atoms with Crippen LogP contribution in [0.2, 0.25) is 0 Å². The monoisotopic (exact) mass is 263 g/mol. The Bertz CT molecular complexity index is 512. The number of rotatable bonds is 2. The van der Waals surface area contributed by atoms with Crippen molar-refractivity contribution in [3.63, 3.8) is 0 Å². The van der Waals surface area contributed by atoms with Gasteiger partial charge in [0.15, 0.2) is 0 Å². The standard InChI is InChI=1S/C14H17NO4/c1-9-5-6-12(16)10(8-9)13(17)15-7-3-4-11(15)14(18)19-2/h5-6,8,11,16H,3-4,7H2,1-2H3. The highest BCUT2D eigenvalue weighted by atomic mass is 16.5. The Morgan fingerprint density at radius 3 is 2.84 bits per heavy atom. The van der Waals surface area contributed by atoms with Crippen LogP contribution in [-0.4, -0.2) is 41.6 Å². The molecule has 102 valence electrons. The second kappa shape index (κ2) is 5.30. The first-order valence-electron chi connectivity index (χ1n) is 6.23. The molecule has 0 saturated carbocycles. The average Bonchev–Trinajstić information content (AvgIpc) is 2.89. The molecule has 1 aromatic carbocycles. The molecule has 0 aromatic heterocycles. The van der Waals surface area contributed by atoms with Crippen molar-refractivity contribution < 1.29 is 19.4 Å². The molecule has 1 atom stereocenters. The lowest BCUT2D eigenvalue weighted by atomic mass is 10.1. The van der Waals surface area contributed by atoms with Gasteiger partial charge in [-0.2, -0.15) is 0 Å². The molecular weight excluding hydrogens is 246 g/mol. The maximum absolute atomic E-state index is 12.4. The first-order chi connectivity index (χ1) is 9.04. The van der Waals surface area contributed by atoms with Gasteiger partial charge in [0.05, 0.1) is 12.7 Å². The van der Waals surface area contributed by atoms with Crippen LogP contribution in [0.25, 0.3) is 0 Å². The normalized spacial score (nSPS) is 18.4. The second-order valence-electron chi connectivity index (χ2n) is 4.70. The van der Waals surface area contributed by atoms with Crippen molar-refractivity contribution in [3.8, 4) is 5.75 Å². The number of aromatic hydroxyl groups is 1. The number of carbonyl (C=O) groups excluding carboxylic acids is 2. The number of methoxy groups -OCH3 is 1. The molecule has 1 aromatic rings. The third-order valence-corrected chi connectivity index (χ3v) is 3.37. The first kappa shape index (κ1) is 13.4. The minimum absolute atomic E-state index is 0.0638. The van der Waals surface area contributed by atoms with Crippen LogP contribution in [0.15, 0.2) is 18.2 Å². The predicted molar refractivity (Wildman–Crippen MR) is 68.9 cm³/mol.